The highest BCUT2D eigenvalue weighted by Crippen LogP contribution is 2.29. The van der Waals surface area contributed by atoms with Crippen LogP contribution in [0.5, 0.6) is 5.75 Å². The number of methoxy groups -OCH3 is 1. The number of carboxylic acid groups (broad SMARTS) is 1. The van der Waals surface area contributed by atoms with E-state index < -0.39 is 11.4 Å². The summed E-state index contributed by atoms with van der Waals surface area (Å²) in [6, 6.07) is 5.32. The second-order valence-electron chi connectivity index (χ2n) is 4.54. The molecule has 18 heavy (non-hydrogen) atoms. The van der Waals surface area contributed by atoms with Crippen molar-refractivity contribution in [2.45, 2.75) is 19.3 Å². The van der Waals surface area contributed by atoms with Gasteiger partial charge in [0.1, 0.15) is 17.5 Å². The molecule has 2 aromatic rings. The quantitative estimate of drug-likeness (QED) is 0.896. The summed E-state index contributed by atoms with van der Waals surface area (Å²) in [5.41, 5.74) is 0.117. The van der Waals surface area contributed by atoms with E-state index in [9.17, 15) is 9.90 Å². The molecule has 2 rings (SSSR count). The molecule has 5 heteroatoms. The molecule has 1 heterocycles. The van der Waals surface area contributed by atoms with Crippen LogP contribution in [0.2, 0.25) is 0 Å². The Labute approximate surface area is 104 Å². The fourth-order valence-electron chi connectivity index (χ4n) is 1.76. The second kappa shape index (κ2) is 4.25. The van der Waals surface area contributed by atoms with Crippen LogP contribution >= 0.6 is 0 Å². The Balaban J connectivity index is 2.70. The van der Waals surface area contributed by atoms with E-state index in [0.717, 1.165) is 5.39 Å². The number of ether oxygens (including phenoxy) is 1. The maximum Gasteiger partial charge on any atom is 0.315 e. The molecule has 1 N–H and O–H groups in total. The van der Waals surface area contributed by atoms with Crippen LogP contribution in [0.4, 0.5) is 0 Å². The Hall–Kier alpha value is -2.17. The molecule has 0 radical (unpaired) electrons. The van der Waals surface area contributed by atoms with Crippen LogP contribution in [0.15, 0.2) is 24.5 Å². The maximum atomic E-state index is 11.3. The molecular formula is C13H14N2O3. The zero-order valence-corrected chi connectivity index (χ0v) is 10.5. The van der Waals surface area contributed by atoms with E-state index in [1.54, 1.807) is 39.2 Å². The summed E-state index contributed by atoms with van der Waals surface area (Å²) < 4.78 is 5.12. The lowest BCUT2D eigenvalue weighted by molar-refractivity contribution is -0.142. The minimum atomic E-state index is -1.06. The molecule has 5 nitrogen and oxygen atoms in total. The van der Waals surface area contributed by atoms with E-state index in [4.69, 9.17) is 4.74 Å². The van der Waals surface area contributed by atoms with Gasteiger partial charge in [-0.3, -0.25) is 4.79 Å². The van der Waals surface area contributed by atoms with E-state index in [0.29, 0.717) is 17.0 Å². The highest BCUT2D eigenvalue weighted by Gasteiger charge is 2.32. The van der Waals surface area contributed by atoms with Crippen LogP contribution in [0.25, 0.3) is 10.9 Å². The van der Waals surface area contributed by atoms with Crippen molar-refractivity contribution < 1.29 is 14.6 Å². The molecule has 0 aliphatic heterocycles. The predicted octanol–water partition coefficient (Wildman–Crippen LogP) is 2.00. The third kappa shape index (κ3) is 1.88. The highest BCUT2D eigenvalue weighted by molar-refractivity contribution is 5.89. The molecule has 0 amide bonds. The van der Waals surface area contributed by atoms with Gasteiger partial charge in [-0.2, -0.15) is 0 Å². The second-order valence-corrected chi connectivity index (χ2v) is 4.54. The first-order chi connectivity index (χ1) is 8.46. The molecule has 0 aliphatic carbocycles. The fourth-order valence-corrected chi connectivity index (χ4v) is 1.76. The zero-order valence-electron chi connectivity index (χ0n) is 10.5. The van der Waals surface area contributed by atoms with Gasteiger partial charge in [0.05, 0.1) is 18.3 Å². The van der Waals surface area contributed by atoms with Crippen molar-refractivity contribution >= 4 is 16.9 Å². The molecule has 0 saturated carbocycles. The van der Waals surface area contributed by atoms with Gasteiger partial charge >= 0.3 is 5.97 Å². The standard InChI is InChI=1S/C13H14N2O3/c1-13(2,12(16)17)11-9-5-4-8(18-3)6-10(9)14-7-15-11/h4-7H,1-3H3,(H,16,17). The smallest absolute Gasteiger partial charge is 0.315 e. The van der Waals surface area contributed by atoms with Crippen molar-refractivity contribution in [3.8, 4) is 5.75 Å². The first kappa shape index (κ1) is 12.3. The molecule has 0 aliphatic rings. The van der Waals surface area contributed by atoms with Gasteiger partial charge in [-0.1, -0.05) is 0 Å². The van der Waals surface area contributed by atoms with Crippen LogP contribution in [0.1, 0.15) is 19.5 Å². The van der Waals surface area contributed by atoms with Gasteiger partial charge in [-0.15, -0.1) is 0 Å². The largest absolute Gasteiger partial charge is 0.497 e. The minimum absolute atomic E-state index is 0.502. The fraction of sp³-hybridized carbons (Fsp3) is 0.308. The number of aliphatic carboxylic acids is 1. The Morgan fingerprint density at radius 3 is 2.67 bits per heavy atom. The Bertz CT molecular complexity index is 608. The van der Waals surface area contributed by atoms with Crippen LogP contribution in [0.3, 0.4) is 0 Å². The number of benzene rings is 1. The van der Waals surface area contributed by atoms with Gasteiger partial charge in [-0.05, 0) is 26.0 Å². The summed E-state index contributed by atoms with van der Waals surface area (Å²) in [5, 5.41) is 10.00. The van der Waals surface area contributed by atoms with Crippen molar-refractivity contribution in [1.29, 1.82) is 0 Å². The number of aromatic nitrogens is 2. The normalized spacial score (nSPS) is 11.5. The van der Waals surface area contributed by atoms with Gasteiger partial charge < -0.3 is 9.84 Å². The average molecular weight is 246 g/mol. The minimum Gasteiger partial charge on any atom is -0.497 e. The van der Waals surface area contributed by atoms with Gasteiger partial charge in [-0.25, -0.2) is 9.97 Å². The van der Waals surface area contributed by atoms with Crippen LogP contribution in [0, 0.1) is 0 Å². The molecule has 94 valence electrons. The predicted molar refractivity (Wildman–Crippen MR) is 66.8 cm³/mol. The van der Waals surface area contributed by atoms with Crippen molar-refractivity contribution in [2.75, 3.05) is 7.11 Å². The Morgan fingerprint density at radius 2 is 2.06 bits per heavy atom. The molecule has 0 fully saturated rings. The monoisotopic (exact) mass is 246 g/mol. The molecule has 0 bridgehead atoms. The number of rotatable bonds is 3. The van der Waals surface area contributed by atoms with Gasteiger partial charge in [0.15, 0.2) is 0 Å². The number of carboxylic acids is 1. The van der Waals surface area contributed by atoms with E-state index >= 15 is 0 Å². The van der Waals surface area contributed by atoms with Gasteiger partial charge in [0, 0.05) is 11.5 Å². The van der Waals surface area contributed by atoms with Gasteiger partial charge in [0.25, 0.3) is 0 Å². The molecule has 0 saturated heterocycles. The summed E-state index contributed by atoms with van der Waals surface area (Å²) in [6.45, 7) is 3.25. The summed E-state index contributed by atoms with van der Waals surface area (Å²) >= 11 is 0. The zero-order chi connectivity index (χ0) is 13.3. The summed E-state index contributed by atoms with van der Waals surface area (Å²) in [5.74, 6) is -0.237. The Morgan fingerprint density at radius 1 is 1.33 bits per heavy atom. The lowest BCUT2D eigenvalue weighted by Crippen LogP contribution is -2.30. The number of nitrogens with zero attached hydrogens (tertiary/aromatic N) is 2. The summed E-state index contributed by atoms with van der Waals surface area (Å²) in [7, 11) is 1.57. The molecule has 0 unspecified atom stereocenters. The maximum absolute atomic E-state index is 11.3. The SMILES string of the molecule is COc1ccc2c(C(C)(C)C(=O)O)ncnc2c1. The van der Waals surface area contributed by atoms with Crippen molar-refractivity contribution in [1.82, 2.24) is 9.97 Å². The molecule has 0 atom stereocenters. The number of hydrogen-bond acceptors (Lipinski definition) is 4. The van der Waals surface area contributed by atoms with Crippen molar-refractivity contribution in [3.05, 3.63) is 30.2 Å². The van der Waals surface area contributed by atoms with E-state index in [1.807, 2.05) is 0 Å². The lowest BCUT2D eigenvalue weighted by atomic mass is 9.87. The summed E-state index contributed by atoms with van der Waals surface area (Å²) in [6.07, 6.45) is 1.38. The van der Waals surface area contributed by atoms with Gasteiger partial charge in [0.2, 0.25) is 0 Å². The molecular weight excluding hydrogens is 232 g/mol. The van der Waals surface area contributed by atoms with Crippen molar-refractivity contribution in [3.63, 3.8) is 0 Å². The topological polar surface area (TPSA) is 72.3 Å². The van der Waals surface area contributed by atoms with Crippen molar-refractivity contribution in [2.24, 2.45) is 0 Å². The molecule has 1 aromatic heterocycles. The summed E-state index contributed by atoms with van der Waals surface area (Å²) in [4.78, 5) is 19.6. The van der Waals surface area contributed by atoms with E-state index in [1.165, 1.54) is 6.33 Å². The number of hydrogen-bond donors (Lipinski definition) is 1. The number of fused-ring (bicyclic) bond motifs is 1. The Kier molecular flexibility index (Phi) is 2.90. The van der Waals surface area contributed by atoms with E-state index in [2.05, 4.69) is 9.97 Å². The number of carbonyl (C=O) groups is 1. The van der Waals surface area contributed by atoms with Crippen LogP contribution in [-0.2, 0) is 10.2 Å². The van der Waals surface area contributed by atoms with Crippen LogP contribution in [-0.4, -0.2) is 28.2 Å². The van der Waals surface area contributed by atoms with Crippen LogP contribution < -0.4 is 4.74 Å². The lowest BCUT2D eigenvalue weighted by Gasteiger charge is -2.19. The third-order valence-corrected chi connectivity index (χ3v) is 2.97. The third-order valence-electron chi connectivity index (χ3n) is 2.97. The first-order valence-corrected chi connectivity index (χ1v) is 5.49. The van der Waals surface area contributed by atoms with E-state index in [-0.39, 0.29) is 0 Å². The molecule has 0 spiro atoms. The first-order valence-electron chi connectivity index (χ1n) is 5.49. The molecule has 1 aromatic carbocycles. The average Bonchev–Trinajstić information content (AvgIpc) is 2.37. The highest BCUT2D eigenvalue weighted by atomic mass is 16.5.